The molecule has 0 atom stereocenters. The Morgan fingerprint density at radius 1 is 0.484 bits per heavy atom. The van der Waals surface area contributed by atoms with Crippen LogP contribution in [0.15, 0.2) is 97.1 Å². The molecule has 0 N–H and O–H groups in total. The normalized spacial score (nSPS) is 10.6. The van der Waals surface area contributed by atoms with E-state index in [1.807, 2.05) is 24.3 Å². The molecule has 31 heavy (non-hydrogen) atoms. The van der Waals surface area contributed by atoms with Crippen molar-refractivity contribution in [3.63, 3.8) is 0 Å². The predicted octanol–water partition coefficient (Wildman–Crippen LogP) is 7.05. The molecule has 0 saturated heterocycles. The molecule has 2 nitrogen and oxygen atoms in total. The lowest BCUT2D eigenvalue weighted by atomic mass is 10.0. The van der Waals surface area contributed by atoms with Crippen molar-refractivity contribution >= 4 is 0 Å². The summed E-state index contributed by atoms with van der Waals surface area (Å²) in [6.45, 7) is 5.37. The number of hydrogen-bond acceptors (Lipinski definition) is 2. The Labute approximate surface area is 185 Å². The van der Waals surface area contributed by atoms with Crippen LogP contribution in [-0.2, 0) is 19.6 Å². The summed E-state index contributed by atoms with van der Waals surface area (Å²) in [7, 11) is 0. The first-order valence-electron chi connectivity index (χ1n) is 10.7. The smallest absolute Gasteiger partial charge is 0.119 e. The van der Waals surface area contributed by atoms with Crippen LogP contribution in [0.1, 0.15) is 33.4 Å². The largest absolute Gasteiger partial charge is 0.489 e. The van der Waals surface area contributed by atoms with E-state index >= 15 is 0 Å². The van der Waals surface area contributed by atoms with Crippen molar-refractivity contribution in [3.8, 4) is 11.5 Å². The third kappa shape index (κ3) is 6.23. The number of benzene rings is 4. The van der Waals surface area contributed by atoms with E-state index in [0.29, 0.717) is 13.2 Å². The Balaban J connectivity index is 1.28. The number of hydrogen-bond donors (Lipinski definition) is 0. The van der Waals surface area contributed by atoms with E-state index in [1.165, 1.54) is 33.4 Å². The molecular weight excluding hydrogens is 380 g/mol. The van der Waals surface area contributed by atoms with Gasteiger partial charge in [-0.1, -0.05) is 83.9 Å². The molecule has 0 spiro atoms. The molecule has 4 aromatic carbocycles. The Bertz CT molecular complexity index is 1020. The van der Waals surface area contributed by atoms with Crippen LogP contribution in [0.3, 0.4) is 0 Å². The van der Waals surface area contributed by atoms with Crippen LogP contribution in [0, 0.1) is 13.8 Å². The molecule has 0 amide bonds. The SMILES string of the molecule is Cc1cccc(COc2ccc(Cc3ccc(OCc4cccc(C)c4)cc3)cc2)c1. The second-order valence-electron chi connectivity index (χ2n) is 8.02. The summed E-state index contributed by atoms with van der Waals surface area (Å²) in [5.74, 6) is 1.79. The Morgan fingerprint density at radius 2 is 0.903 bits per heavy atom. The van der Waals surface area contributed by atoms with Gasteiger partial charge in [-0.25, -0.2) is 0 Å². The zero-order valence-electron chi connectivity index (χ0n) is 18.2. The molecule has 4 rings (SSSR count). The predicted molar refractivity (Wildman–Crippen MR) is 127 cm³/mol. The van der Waals surface area contributed by atoms with Gasteiger partial charge in [-0.15, -0.1) is 0 Å². The Kier molecular flexibility index (Phi) is 6.68. The van der Waals surface area contributed by atoms with Crippen LogP contribution in [0.25, 0.3) is 0 Å². The second-order valence-corrected chi connectivity index (χ2v) is 8.02. The highest BCUT2D eigenvalue weighted by molar-refractivity contribution is 5.34. The molecular formula is C29H28O2. The van der Waals surface area contributed by atoms with Crippen LogP contribution in [0.5, 0.6) is 11.5 Å². The third-order valence-corrected chi connectivity index (χ3v) is 5.23. The average molecular weight is 409 g/mol. The van der Waals surface area contributed by atoms with Gasteiger partial charge in [-0.3, -0.25) is 0 Å². The fourth-order valence-electron chi connectivity index (χ4n) is 3.58. The van der Waals surface area contributed by atoms with Crippen molar-refractivity contribution in [2.45, 2.75) is 33.5 Å². The van der Waals surface area contributed by atoms with Crippen LogP contribution in [0.4, 0.5) is 0 Å². The van der Waals surface area contributed by atoms with E-state index in [2.05, 4.69) is 86.6 Å². The average Bonchev–Trinajstić information content (AvgIpc) is 2.78. The molecule has 0 aliphatic carbocycles. The summed E-state index contributed by atoms with van der Waals surface area (Å²) in [6.07, 6.45) is 0.885. The molecule has 0 aromatic heterocycles. The topological polar surface area (TPSA) is 18.5 Å². The summed E-state index contributed by atoms with van der Waals surface area (Å²) in [6, 6.07) is 33.5. The minimum absolute atomic E-state index is 0.588. The second kappa shape index (κ2) is 9.99. The maximum Gasteiger partial charge on any atom is 0.119 e. The molecule has 0 heterocycles. The summed E-state index contributed by atoms with van der Waals surface area (Å²) >= 11 is 0. The van der Waals surface area contributed by atoms with E-state index in [1.54, 1.807) is 0 Å². The van der Waals surface area contributed by atoms with Gasteiger partial charge in [0, 0.05) is 0 Å². The maximum absolute atomic E-state index is 5.92. The molecule has 0 radical (unpaired) electrons. The lowest BCUT2D eigenvalue weighted by Gasteiger charge is -2.09. The highest BCUT2D eigenvalue weighted by atomic mass is 16.5. The minimum Gasteiger partial charge on any atom is -0.489 e. The van der Waals surface area contributed by atoms with Gasteiger partial charge >= 0.3 is 0 Å². The molecule has 0 aliphatic rings. The van der Waals surface area contributed by atoms with Crippen molar-refractivity contribution in [2.24, 2.45) is 0 Å². The van der Waals surface area contributed by atoms with Crippen LogP contribution < -0.4 is 9.47 Å². The molecule has 0 unspecified atom stereocenters. The first kappa shape index (κ1) is 20.7. The van der Waals surface area contributed by atoms with Gasteiger partial charge < -0.3 is 9.47 Å². The van der Waals surface area contributed by atoms with Crippen LogP contribution in [0.2, 0.25) is 0 Å². The van der Waals surface area contributed by atoms with E-state index in [-0.39, 0.29) is 0 Å². The van der Waals surface area contributed by atoms with Gasteiger partial charge in [0.25, 0.3) is 0 Å². The van der Waals surface area contributed by atoms with E-state index in [4.69, 9.17) is 9.47 Å². The number of ether oxygens (including phenoxy) is 2. The minimum atomic E-state index is 0.588. The lowest BCUT2D eigenvalue weighted by Crippen LogP contribution is -1.97. The van der Waals surface area contributed by atoms with E-state index in [9.17, 15) is 0 Å². The zero-order chi connectivity index (χ0) is 21.5. The van der Waals surface area contributed by atoms with Gasteiger partial charge in [0.15, 0.2) is 0 Å². The van der Waals surface area contributed by atoms with Crippen LogP contribution in [-0.4, -0.2) is 0 Å². The van der Waals surface area contributed by atoms with Crippen molar-refractivity contribution in [1.29, 1.82) is 0 Å². The third-order valence-electron chi connectivity index (χ3n) is 5.23. The van der Waals surface area contributed by atoms with Gasteiger partial charge in [0.1, 0.15) is 24.7 Å². The maximum atomic E-state index is 5.92. The summed E-state index contributed by atoms with van der Waals surface area (Å²) in [5.41, 5.74) is 7.40. The van der Waals surface area contributed by atoms with Gasteiger partial charge in [-0.05, 0) is 66.8 Å². The first-order chi connectivity index (χ1) is 15.1. The van der Waals surface area contributed by atoms with Crippen molar-refractivity contribution in [3.05, 3.63) is 130 Å². The molecule has 2 heteroatoms. The van der Waals surface area contributed by atoms with Crippen molar-refractivity contribution < 1.29 is 9.47 Å². The Morgan fingerprint density at radius 3 is 1.29 bits per heavy atom. The first-order valence-corrected chi connectivity index (χ1v) is 10.7. The zero-order valence-corrected chi connectivity index (χ0v) is 18.2. The molecule has 0 aliphatic heterocycles. The summed E-state index contributed by atoms with van der Waals surface area (Å²) < 4.78 is 11.8. The summed E-state index contributed by atoms with van der Waals surface area (Å²) in [5, 5.41) is 0. The quantitative estimate of drug-likeness (QED) is 0.311. The van der Waals surface area contributed by atoms with E-state index in [0.717, 1.165) is 17.9 Å². The molecule has 4 aromatic rings. The number of aryl methyl sites for hydroxylation is 2. The van der Waals surface area contributed by atoms with Crippen molar-refractivity contribution in [1.82, 2.24) is 0 Å². The van der Waals surface area contributed by atoms with Gasteiger partial charge in [0.2, 0.25) is 0 Å². The van der Waals surface area contributed by atoms with E-state index < -0.39 is 0 Å². The van der Waals surface area contributed by atoms with Gasteiger partial charge in [0.05, 0.1) is 0 Å². The van der Waals surface area contributed by atoms with Gasteiger partial charge in [-0.2, -0.15) is 0 Å². The fourth-order valence-corrected chi connectivity index (χ4v) is 3.58. The van der Waals surface area contributed by atoms with Crippen molar-refractivity contribution in [2.75, 3.05) is 0 Å². The molecule has 0 fully saturated rings. The standard InChI is InChI=1S/C29H28O2/c1-22-5-3-7-26(17-22)20-30-28-13-9-24(10-14-28)19-25-11-15-29(16-12-25)31-21-27-8-4-6-23(2)18-27/h3-18H,19-21H2,1-2H3. The Hall–Kier alpha value is -3.52. The number of rotatable bonds is 8. The fraction of sp³-hybridized carbons (Fsp3) is 0.172. The molecule has 0 saturated carbocycles. The lowest BCUT2D eigenvalue weighted by molar-refractivity contribution is 0.306. The highest BCUT2D eigenvalue weighted by Gasteiger charge is 2.02. The highest BCUT2D eigenvalue weighted by Crippen LogP contribution is 2.19. The van der Waals surface area contributed by atoms with Crippen LogP contribution >= 0.6 is 0 Å². The summed E-state index contributed by atoms with van der Waals surface area (Å²) in [4.78, 5) is 0. The molecule has 0 bridgehead atoms. The monoisotopic (exact) mass is 408 g/mol. The molecule has 156 valence electrons.